The van der Waals surface area contributed by atoms with Gasteiger partial charge in [-0.15, -0.1) is 0 Å². The second-order valence-electron chi connectivity index (χ2n) is 4.00. The molecule has 15 heavy (non-hydrogen) atoms. The predicted octanol–water partition coefficient (Wildman–Crippen LogP) is 2.96. The molecule has 1 N–H and O–H groups in total. The maximum atomic E-state index is 13.1. The fourth-order valence-electron chi connectivity index (χ4n) is 1.72. The van der Waals surface area contributed by atoms with Gasteiger partial charge in [-0.3, -0.25) is 0 Å². The van der Waals surface area contributed by atoms with E-state index < -0.39 is 11.6 Å². The number of halogens is 2. The molecule has 82 valence electrons. The topological polar surface area (TPSA) is 24.9 Å². The number of anilines is 1. The standard InChI is InChI=1S/C11H14F2N2/c12-9-6-10(13)11(15-7-9)14-5-4-8-2-1-3-8/h6-8H,1-5H2,(H,14,15). The molecule has 0 bridgehead atoms. The monoisotopic (exact) mass is 212 g/mol. The first kappa shape index (κ1) is 10.3. The largest absolute Gasteiger partial charge is 0.368 e. The third-order valence-corrected chi connectivity index (χ3v) is 2.88. The molecule has 1 aromatic rings. The lowest BCUT2D eigenvalue weighted by molar-refractivity contribution is 0.302. The molecule has 0 aromatic carbocycles. The predicted molar refractivity (Wildman–Crippen MR) is 54.6 cm³/mol. The van der Waals surface area contributed by atoms with E-state index >= 15 is 0 Å². The van der Waals surface area contributed by atoms with Crippen molar-refractivity contribution in [3.63, 3.8) is 0 Å². The zero-order valence-corrected chi connectivity index (χ0v) is 8.47. The number of nitrogens with zero attached hydrogens (tertiary/aromatic N) is 1. The van der Waals surface area contributed by atoms with Gasteiger partial charge in [0.05, 0.1) is 6.20 Å². The fraction of sp³-hybridized carbons (Fsp3) is 0.545. The van der Waals surface area contributed by atoms with E-state index in [2.05, 4.69) is 10.3 Å². The highest BCUT2D eigenvalue weighted by Crippen LogP contribution is 2.29. The molecular weight excluding hydrogens is 198 g/mol. The molecule has 1 aliphatic carbocycles. The van der Waals surface area contributed by atoms with Gasteiger partial charge in [0.1, 0.15) is 5.82 Å². The van der Waals surface area contributed by atoms with Crippen LogP contribution in [0.5, 0.6) is 0 Å². The van der Waals surface area contributed by atoms with Crippen LogP contribution in [-0.4, -0.2) is 11.5 Å². The van der Waals surface area contributed by atoms with Crippen molar-refractivity contribution in [2.45, 2.75) is 25.7 Å². The Morgan fingerprint density at radius 2 is 2.20 bits per heavy atom. The summed E-state index contributed by atoms with van der Waals surface area (Å²) in [7, 11) is 0. The Balaban J connectivity index is 1.81. The molecule has 0 spiro atoms. The van der Waals surface area contributed by atoms with Gasteiger partial charge in [0, 0.05) is 12.6 Å². The van der Waals surface area contributed by atoms with Crippen molar-refractivity contribution in [3.8, 4) is 0 Å². The molecule has 1 aliphatic rings. The van der Waals surface area contributed by atoms with E-state index in [9.17, 15) is 8.78 Å². The van der Waals surface area contributed by atoms with Crippen LogP contribution in [0.4, 0.5) is 14.6 Å². The van der Waals surface area contributed by atoms with E-state index in [1.54, 1.807) is 0 Å². The second-order valence-corrected chi connectivity index (χ2v) is 4.00. The fourth-order valence-corrected chi connectivity index (χ4v) is 1.72. The van der Waals surface area contributed by atoms with Crippen LogP contribution in [0.15, 0.2) is 12.3 Å². The second kappa shape index (κ2) is 4.55. The number of nitrogens with one attached hydrogen (secondary N) is 1. The normalized spacial score (nSPS) is 16.1. The summed E-state index contributed by atoms with van der Waals surface area (Å²) < 4.78 is 25.6. The minimum Gasteiger partial charge on any atom is -0.368 e. The Labute approximate surface area is 87.7 Å². The van der Waals surface area contributed by atoms with E-state index in [1.165, 1.54) is 19.3 Å². The summed E-state index contributed by atoms with van der Waals surface area (Å²) in [4.78, 5) is 3.66. The van der Waals surface area contributed by atoms with Crippen molar-refractivity contribution in [3.05, 3.63) is 23.9 Å². The number of hydrogen-bond acceptors (Lipinski definition) is 2. The van der Waals surface area contributed by atoms with Crippen LogP contribution in [0.3, 0.4) is 0 Å². The molecule has 2 rings (SSSR count). The average molecular weight is 212 g/mol. The van der Waals surface area contributed by atoms with Gasteiger partial charge in [-0.2, -0.15) is 0 Å². The molecule has 0 aliphatic heterocycles. The lowest BCUT2D eigenvalue weighted by atomic mass is 9.83. The van der Waals surface area contributed by atoms with Crippen LogP contribution in [0.1, 0.15) is 25.7 Å². The molecule has 1 fully saturated rings. The van der Waals surface area contributed by atoms with E-state index in [0.717, 1.165) is 24.6 Å². The summed E-state index contributed by atoms with van der Waals surface area (Å²) in [5, 5.41) is 2.89. The Kier molecular flexibility index (Phi) is 3.14. The highest BCUT2D eigenvalue weighted by molar-refractivity contribution is 5.35. The smallest absolute Gasteiger partial charge is 0.168 e. The summed E-state index contributed by atoms with van der Waals surface area (Å²) in [5.74, 6) is -0.336. The summed E-state index contributed by atoms with van der Waals surface area (Å²) in [5.41, 5.74) is 0. The Bertz CT molecular complexity index is 337. The SMILES string of the molecule is Fc1cnc(NCCC2CCC2)c(F)c1. The lowest BCUT2D eigenvalue weighted by Gasteiger charge is -2.25. The van der Waals surface area contributed by atoms with E-state index in [0.29, 0.717) is 6.54 Å². The quantitative estimate of drug-likeness (QED) is 0.830. The van der Waals surface area contributed by atoms with Crippen LogP contribution < -0.4 is 5.32 Å². The van der Waals surface area contributed by atoms with Gasteiger partial charge in [-0.25, -0.2) is 13.8 Å². The van der Waals surface area contributed by atoms with Crippen molar-refractivity contribution in [2.24, 2.45) is 5.92 Å². The number of aromatic nitrogens is 1. The van der Waals surface area contributed by atoms with Gasteiger partial charge in [0.25, 0.3) is 0 Å². The molecule has 1 saturated carbocycles. The summed E-state index contributed by atoms with van der Waals surface area (Å²) in [6, 6.07) is 0.846. The van der Waals surface area contributed by atoms with Gasteiger partial charge in [0.2, 0.25) is 0 Å². The molecule has 4 heteroatoms. The zero-order chi connectivity index (χ0) is 10.7. The Morgan fingerprint density at radius 1 is 1.40 bits per heavy atom. The minimum absolute atomic E-state index is 0.149. The summed E-state index contributed by atoms with van der Waals surface area (Å²) >= 11 is 0. The van der Waals surface area contributed by atoms with Crippen molar-refractivity contribution in [1.82, 2.24) is 4.98 Å². The highest BCUT2D eigenvalue weighted by Gasteiger charge is 2.16. The number of pyridine rings is 1. The average Bonchev–Trinajstić information content (AvgIpc) is 2.12. The summed E-state index contributed by atoms with van der Waals surface area (Å²) in [6.07, 6.45) is 5.93. The Morgan fingerprint density at radius 3 is 2.80 bits per heavy atom. The number of rotatable bonds is 4. The third-order valence-electron chi connectivity index (χ3n) is 2.88. The van der Waals surface area contributed by atoms with Gasteiger partial charge in [0.15, 0.2) is 11.6 Å². The molecule has 2 nitrogen and oxygen atoms in total. The van der Waals surface area contributed by atoms with Crippen LogP contribution in [0.2, 0.25) is 0 Å². The molecule has 1 heterocycles. The maximum Gasteiger partial charge on any atom is 0.168 e. The van der Waals surface area contributed by atoms with Crippen molar-refractivity contribution in [2.75, 3.05) is 11.9 Å². The minimum atomic E-state index is -0.642. The van der Waals surface area contributed by atoms with Gasteiger partial charge in [-0.1, -0.05) is 19.3 Å². The van der Waals surface area contributed by atoms with E-state index in [1.807, 2.05) is 0 Å². The Hall–Kier alpha value is -1.19. The van der Waals surface area contributed by atoms with Crippen LogP contribution in [-0.2, 0) is 0 Å². The zero-order valence-electron chi connectivity index (χ0n) is 8.47. The molecule has 0 amide bonds. The van der Waals surface area contributed by atoms with E-state index in [4.69, 9.17) is 0 Å². The van der Waals surface area contributed by atoms with Crippen LogP contribution >= 0.6 is 0 Å². The lowest BCUT2D eigenvalue weighted by Crippen LogP contribution is -2.16. The number of hydrogen-bond donors (Lipinski definition) is 1. The summed E-state index contributed by atoms with van der Waals surface area (Å²) in [6.45, 7) is 0.709. The van der Waals surface area contributed by atoms with Gasteiger partial charge >= 0.3 is 0 Å². The highest BCUT2D eigenvalue weighted by atomic mass is 19.1. The van der Waals surface area contributed by atoms with Crippen LogP contribution in [0, 0.1) is 17.6 Å². The first-order valence-electron chi connectivity index (χ1n) is 5.30. The maximum absolute atomic E-state index is 13.1. The van der Waals surface area contributed by atoms with Crippen LogP contribution in [0.25, 0.3) is 0 Å². The third kappa shape index (κ3) is 2.64. The molecule has 1 aromatic heterocycles. The van der Waals surface area contributed by atoms with E-state index in [-0.39, 0.29) is 5.82 Å². The molecular formula is C11H14F2N2. The first-order valence-corrected chi connectivity index (χ1v) is 5.30. The first-order chi connectivity index (χ1) is 7.25. The molecule has 0 unspecified atom stereocenters. The van der Waals surface area contributed by atoms with Crippen molar-refractivity contribution < 1.29 is 8.78 Å². The van der Waals surface area contributed by atoms with Crippen molar-refractivity contribution >= 4 is 5.82 Å². The van der Waals surface area contributed by atoms with Crippen molar-refractivity contribution in [1.29, 1.82) is 0 Å². The molecule has 0 saturated heterocycles. The molecule has 0 atom stereocenters. The van der Waals surface area contributed by atoms with Gasteiger partial charge < -0.3 is 5.32 Å². The molecule has 0 radical (unpaired) electrons. The van der Waals surface area contributed by atoms with Gasteiger partial charge in [-0.05, 0) is 12.3 Å².